The number of amides is 1. The second kappa shape index (κ2) is 9.38. The molecule has 1 aliphatic heterocycles. The molecule has 0 spiro atoms. The van der Waals surface area contributed by atoms with Crippen molar-refractivity contribution in [3.05, 3.63) is 69.8 Å². The molecule has 0 aromatic heterocycles. The van der Waals surface area contributed by atoms with E-state index < -0.39 is 17.0 Å². The van der Waals surface area contributed by atoms with Crippen molar-refractivity contribution >= 4 is 23.3 Å². The number of anilines is 1. The maximum Gasteiger partial charge on any atom is 0.339 e. The predicted molar refractivity (Wildman–Crippen MR) is 119 cm³/mol. The number of benzene rings is 2. The molecule has 8 heteroatoms. The van der Waals surface area contributed by atoms with Crippen LogP contribution in [0.5, 0.6) is 0 Å². The quantitative estimate of drug-likeness (QED) is 0.399. The van der Waals surface area contributed by atoms with Gasteiger partial charge in [-0.05, 0) is 43.7 Å². The van der Waals surface area contributed by atoms with Crippen molar-refractivity contribution < 1.29 is 19.2 Å². The lowest BCUT2D eigenvalue weighted by atomic mass is 9.98. The van der Waals surface area contributed by atoms with Gasteiger partial charge in [-0.25, -0.2) is 4.79 Å². The first kappa shape index (κ1) is 21.8. The number of carbonyl (C=O) groups excluding carboxylic acids is 2. The highest BCUT2D eigenvalue weighted by atomic mass is 16.6. The van der Waals surface area contributed by atoms with Gasteiger partial charge >= 0.3 is 5.97 Å². The predicted octanol–water partition coefficient (Wildman–Crippen LogP) is 4.01. The summed E-state index contributed by atoms with van der Waals surface area (Å²) in [5.74, 6) is -0.566. The zero-order valence-electron chi connectivity index (χ0n) is 18.0. The summed E-state index contributed by atoms with van der Waals surface area (Å²) in [5.41, 5.74) is 0.968. The summed E-state index contributed by atoms with van der Waals surface area (Å²) < 4.78 is 5.56. The third-order valence-electron chi connectivity index (χ3n) is 6.02. The van der Waals surface area contributed by atoms with Gasteiger partial charge in [-0.15, -0.1) is 0 Å². The number of hydrogen-bond acceptors (Lipinski definition) is 6. The number of hydrogen-bond donors (Lipinski definition) is 1. The van der Waals surface area contributed by atoms with Gasteiger partial charge in [-0.2, -0.15) is 0 Å². The highest BCUT2D eigenvalue weighted by Crippen LogP contribution is 2.33. The van der Waals surface area contributed by atoms with Crippen molar-refractivity contribution in [2.75, 3.05) is 18.0 Å². The summed E-state index contributed by atoms with van der Waals surface area (Å²) in [7, 11) is 0. The van der Waals surface area contributed by atoms with E-state index in [0.29, 0.717) is 17.2 Å². The molecule has 1 saturated carbocycles. The van der Waals surface area contributed by atoms with Crippen LogP contribution in [0.4, 0.5) is 11.4 Å². The number of rotatable bonds is 7. The second-order valence-corrected chi connectivity index (χ2v) is 8.61. The van der Waals surface area contributed by atoms with Crippen LogP contribution in [0.25, 0.3) is 0 Å². The van der Waals surface area contributed by atoms with E-state index in [0.717, 1.165) is 38.8 Å². The van der Waals surface area contributed by atoms with E-state index in [4.69, 9.17) is 4.74 Å². The Morgan fingerprint density at radius 3 is 2.41 bits per heavy atom. The highest BCUT2D eigenvalue weighted by Gasteiger charge is 2.32. The number of nitrogens with zero attached hydrogens (tertiary/aromatic N) is 2. The van der Waals surface area contributed by atoms with Crippen LogP contribution in [0.2, 0.25) is 0 Å². The van der Waals surface area contributed by atoms with E-state index >= 15 is 0 Å². The fraction of sp³-hybridized carbons (Fsp3) is 0.417. The average Bonchev–Trinajstić information content (AvgIpc) is 3.62. The van der Waals surface area contributed by atoms with Gasteiger partial charge in [0.25, 0.3) is 11.6 Å². The number of ether oxygens (including phenoxy) is 1. The molecule has 2 aliphatic rings. The average molecular weight is 437 g/mol. The first-order valence-electron chi connectivity index (χ1n) is 11.0. The summed E-state index contributed by atoms with van der Waals surface area (Å²) in [6.07, 6.45) is 2.63. The van der Waals surface area contributed by atoms with E-state index in [1.54, 1.807) is 30.3 Å². The van der Waals surface area contributed by atoms with E-state index in [-0.39, 0.29) is 23.2 Å². The Balaban J connectivity index is 1.56. The second-order valence-electron chi connectivity index (χ2n) is 8.61. The monoisotopic (exact) mass is 437 g/mol. The van der Waals surface area contributed by atoms with Gasteiger partial charge < -0.3 is 15.0 Å². The minimum absolute atomic E-state index is 0.0472. The summed E-state index contributed by atoms with van der Waals surface area (Å²) in [6.45, 7) is 3.65. The van der Waals surface area contributed by atoms with E-state index in [9.17, 15) is 19.7 Å². The van der Waals surface area contributed by atoms with Crippen LogP contribution in [-0.4, -0.2) is 35.9 Å². The Morgan fingerprint density at radius 1 is 1.09 bits per heavy atom. The maximum atomic E-state index is 12.9. The number of nitro benzene ring substituents is 1. The van der Waals surface area contributed by atoms with Gasteiger partial charge in [-0.3, -0.25) is 14.9 Å². The first-order chi connectivity index (χ1) is 15.4. The molecule has 168 valence electrons. The van der Waals surface area contributed by atoms with Crippen LogP contribution in [-0.2, 0) is 9.53 Å². The lowest BCUT2D eigenvalue weighted by Crippen LogP contribution is -2.34. The molecule has 1 saturated heterocycles. The summed E-state index contributed by atoms with van der Waals surface area (Å²) in [5, 5.41) is 14.6. The third-order valence-corrected chi connectivity index (χ3v) is 6.02. The number of nitrogens with one attached hydrogen (secondary N) is 1. The highest BCUT2D eigenvalue weighted by molar-refractivity contribution is 5.94. The molecule has 1 amide bonds. The minimum Gasteiger partial charge on any atom is -0.444 e. The summed E-state index contributed by atoms with van der Waals surface area (Å²) >= 11 is 0. The molecule has 1 atom stereocenters. The van der Waals surface area contributed by atoms with E-state index in [2.05, 4.69) is 12.2 Å². The molecule has 2 fully saturated rings. The van der Waals surface area contributed by atoms with Gasteiger partial charge in [0, 0.05) is 30.8 Å². The molecule has 4 rings (SSSR count). The van der Waals surface area contributed by atoms with Crippen molar-refractivity contribution in [3.8, 4) is 0 Å². The maximum absolute atomic E-state index is 12.9. The fourth-order valence-electron chi connectivity index (χ4n) is 3.89. The van der Waals surface area contributed by atoms with Crippen LogP contribution in [0.1, 0.15) is 54.6 Å². The lowest BCUT2D eigenvalue weighted by molar-refractivity contribution is -0.384. The summed E-state index contributed by atoms with van der Waals surface area (Å²) in [6, 6.07) is 13.3. The van der Waals surface area contributed by atoms with Crippen LogP contribution in [0, 0.1) is 16.0 Å². The topological polar surface area (TPSA) is 102 Å². The van der Waals surface area contributed by atoms with Crippen molar-refractivity contribution in [3.63, 3.8) is 0 Å². The molecular weight excluding hydrogens is 410 g/mol. The Morgan fingerprint density at radius 2 is 1.78 bits per heavy atom. The number of esters is 1. The van der Waals surface area contributed by atoms with Crippen LogP contribution in [0.3, 0.4) is 0 Å². The Kier molecular flexibility index (Phi) is 6.39. The van der Waals surface area contributed by atoms with Crippen LogP contribution >= 0.6 is 0 Å². The smallest absolute Gasteiger partial charge is 0.339 e. The Labute approximate surface area is 186 Å². The molecule has 1 aliphatic carbocycles. The molecule has 1 heterocycles. The minimum atomic E-state index is -1.12. The van der Waals surface area contributed by atoms with Crippen molar-refractivity contribution in [1.82, 2.24) is 5.32 Å². The molecule has 0 bridgehead atoms. The molecule has 1 N–H and O–H groups in total. The largest absolute Gasteiger partial charge is 0.444 e. The van der Waals surface area contributed by atoms with Gasteiger partial charge in [0.05, 0.1) is 10.5 Å². The third kappa shape index (κ3) is 5.07. The zero-order chi connectivity index (χ0) is 22.7. The molecule has 2 aromatic carbocycles. The van der Waals surface area contributed by atoms with Gasteiger partial charge in [0.15, 0.2) is 0 Å². The first-order valence-corrected chi connectivity index (χ1v) is 11.0. The summed E-state index contributed by atoms with van der Waals surface area (Å²) in [4.78, 5) is 38.9. The zero-order valence-corrected chi connectivity index (χ0v) is 18.0. The van der Waals surface area contributed by atoms with Gasteiger partial charge in [-0.1, -0.05) is 37.3 Å². The molecular formula is C24H27N3O5. The van der Waals surface area contributed by atoms with Crippen molar-refractivity contribution in [2.45, 2.75) is 44.8 Å². The number of piperidine rings is 1. The fourth-order valence-corrected chi connectivity index (χ4v) is 3.89. The molecule has 8 nitrogen and oxygen atoms in total. The molecule has 32 heavy (non-hydrogen) atoms. The van der Waals surface area contributed by atoms with Crippen LogP contribution in [0.15, 0.2) is 48.5 Å². The van der Waals surface area contributed by atoms with Crippen molar-refractivity contribution in [1.29, 1.82) is 0 Å². The normalized spacial score (nSPS) is 17.5. The number of carbonyl (C=O) groups is 2. The lowest BCUT2D eigenvalue weighted by Gasteiger charge is -2.31. The van der Waals surface area contributed by atoms with Gasteiger partial charge in [0.2, 0.25) is 6.10 Å². The Hall–Kier alpha value is -3.42. The van der Waals surface area contributed by atoms with E-state index in [1.165, 1.54) is 12.1 Å². The standard InChI is InChI=1S/C24H27N3O5/c1-16-11-13-26(14-12-16)20-10-7-18(15-21(20)27(30)31)24(29)32-22(17-5-3-2-4-6-17)23(28)25-19-8-9-19/h2-7,10,15-16,19,22H,8-9,11-14H2,1H3,(H,25,28). The SMILES string of the molecule is CC1CCN(c2ccc(C(=O)OC(C(=O)NC3CC3)c3ccccc3)cc2[N+](=O)[O-])CC1. The van der Waals surface area contributed by atoms with Crippen molar-refractivity contribution in [2.24, 2.45) is 5.92 Å². The Bertz CT molecular complexity index is 998. The molecule has 1 unspecified atom stereocenters. The molecule has 0 radical (unpaired) electrons. The van der Waals surface area contributed by atoms with Crippen LogP contribution < -0.4 is 10.2 Å². The van der Waals surface area contributed by atoms with E-state index in [1.807, 2.05) is 11.0 Å². The number of nitro groups is 1. The van der Waals surface area contributed by atoms with Gasteiger partial charge in [0.1, 0.15) is 5.69 Å². The molecule has 2 aromatic rings.